The van der Waals surface area contributed by atoms with E-state index in [4.69, 9.17) is 20.0 Å². The smallest absolute Gasteiger partial charge is 0.451 e. The van der Waals surface area contributed by atoms with Crippen LogP contribution in [0.3, 0.4) is 0 Å². The fraction of sp³-hybridized carbons (Fsp3) is 0.917. The summed E-state index contributed by atoms with van der Waals surface area (Å²) in [6, 6.07) is 0. The quantitative estimate of drug-likeness (QED) is 0.343. The molecule has 0 amide bonds. The lowest BCUT2D eigenvalue weighted by molar-refractivity contribution is -0.144. The van der Waals surface area contributed by atoms with Crippen molar-refractivity contribution < 1.29 is 32.5 Å². The summed E-state index contributed by atoms with van der Waals surface area (Å²) >= 11 is 0. The molecule has 0 radical (unpaired) electrons. The lowest BCUT2D eigenvalue weighted by Gasteiger charge is -2.35. The number of nitrogens with two attached hydrogens (primary N) is 1. The Hall–Kier alpha value is -0.755. The Morgan fingerprint density at radius 3 is 2.50 bits per heavy atom. The van der Waals surface area contributed by atoms with Gasteiger partial charge in [-0.3, -0.25) is 8.98 Å². The average Bonchev–Trinajstić information content (AvgIpc) is 2.76. The number of likely N-dealkylation sites (N-methyl/N-ethyl adjacent to an activating group) is 1. The molecule has 0 bridgehead atoms. The van der Waals surface area contributed by atoms with E-state index in [0.29, 0.717) is 19.5 Å². The minimum atomic E-state index is -4.06. The number of likely N-dealkylation sites (tertiary alicyclic amines) is 1. The van der Waals surface area contributed by atoms with Gasteiger partial charge in [0.1, 0.15) is 11.6 Å². The zero-order valence-corrected chi connectivity index (χ0v) is 14.4. The van der Waals surface area contributed by atoms with Crippen LogP contribution >= 0.6 is 0 Å². The first kappa shape index (κ1) is 19.6. The Labute approximate surface area is 141 Å². The Morgan fingerprint density at radius 2 is 2.00 bits per heavy atom. The third-order valence-corrected chi connectivity index (χ3v) is 6.03. The maximum atomic E-state index is 12.3. The molecule has 0 aromatic rings. The minimum absolute atomic E-state index is 0.0603. The van der Waals surface area contributed by atoms with E-state index < -0.39 is 41.0 Å². The van der Waals surface area contributed by atoms with Crippen LogP contribution in [0.25, 0.3) is 0 Å². The predicted molar refractivity (Wildman–Crippen MR) is 85.1 cm³/mol. The summed E-state index contributed by atoms with van der Waals surface area (Å²) in [6.45, 7) is 0.573. The van der Waals surface area contributed by atoms with E-state index in [0.717, 1.165) is 4.31 Å². The van der Waals surface area contributed by atoms with Crippen LogP contribution in [0.15, 0.2) is 0 Å². The summed E-state index contributed by atoms with van der Waals surface area (Å²) in [5.74, 6) is -1.91. The van der Waals surface area contributed by atoms with Crippen LogP contribution in [0.2, 0.25) is 6.32 Å². The van der Waals surface area contributed by atoms with Crippen molar-refractivity contribution in [1.29, 1.82) is 0 Å². The number of nitrogens with zero attached hydrogens (tertiary/aromatic N) is 2. The van der Waals surface area contributed by atoms with Gasteiger partial charge in [-0.2, -0.15) is 12.7 Å². The molecule has 10 nitrogen and oxygen atoms in total. The molecule has 2 fully saturated rings. The van der Waals surface area contributed by atoms with Gasteiger partial charge in [-0.25, -0.2) is 0 Å². The first-order valence-corrected chi connectivity index (χ1v) is 9.16. The van der Waals surface area contributed by atoms with Crippen molar-refractivity contribution in [3.63, 3.8) is 0 Å². The monoisotopic (exact) mass is 365 g/mol. The van der Waals surface area contributed by atoms with Gasteiger partial charge in [0.25, 0.3) is 0 Å². The van der Waals surface area contributed by atoms with Gasteiger partial charge in [-0.15, -0.1) is 0 Å². The molecule has 0 unspecified atom stereocenters. The van der Waals surface area contributed by atoms with Crippen LogP contribution in [-0.2, 0) is 19.3 Å². The number of aliphatic carboxylic acids is 1. The van der Waals surface area contributed by atoms with E-state index in [2.05, 4.69) is 0 Å². The van der Waals surface area contributed by atoms with Crippen LogP contribution in [0.5, 0.6) is 0 Å². The molecule has 0 saturated carbocycles. The van der Waals surface area contributed by atoms with Crippen molar-refractivity contribution in [2.24, 2.45) is 11.7 Å². The van der Waals surface area contributed by atoms with Crippen LogP contribution in [0, 0.1) is 5.92 Å². The minimum Gasteiger partial charge on any atom is -0.480 e. The average molecular weight is 365 g/mol. The highest BCUT2D eigenvalue weighted by atomic mass is 32.2. The number of carboxylic acids is 1. The number of rotatable bonds is 8. The second-order valence-electron chi connectivity index (χ2n) is 6.64. The number of hydrogen-bond donors (Lipinski definition) is 4. The second-order valence-corrected chi connectivity index (χ2v) is 8.21. The van der Waals surface area contributed by atoms with Gasteiger partial charge in [0.2, 0.25) is 0 Å². The predicted octanol–water partition coefficient (Wildman–Crippen LogP) is -2.47. The third-order valence-electron chi connectivity index (χ3n) is 4.61. The SMILES string of the molecule is CN1CC(OS(=O)(=O)N2C[C@H](CCCB(O)O)[C@](N)(C(=O)O)C2)C1. The summed E-state index contributed by atoms with van der Waals surface area (Å²) in [5.41, 5.74) is 4.24. The van der Waals surface area contributed by atoms with E-state index >= 15 is 0 Å². The van der Waals surface area contributed by atoms with Gasteiger partial charge in [-0.05, 0) is 19.8 Å². The topological polar surface area (TPSA) is 154 Å². The molecule has 0 aromatic heterocycles. The molecule has 2 aliphatic heterocycles. The van der Waals surface area contributed by atoms with Gasteiger partial charge in [0.05, 0.1) is 0 Å². The third kappa shape index (κ3) is 4.25. The molecule has 12 heteroatoms. The summed E-state index contributed by atoms with van der Waals surface area (Å²) in [5, 5.41) is 27.2. The van der Waals surface area contributed by atoms with E-state index in [-0.39, 0.29) is 25.8 Å². The number of carbonyl (C=O) groups is 1. The molecule has 2 heterocycles. The maximum Gasteiger partial charge on any atom is 0.451 e. The fourth-order valence-corrected chi connectivity index (χ4v) is 4.46. The molecule has 2 rings (SSSR count). The molecule has 0 aromatic carbocycles. The van der Waals surface area contributed by atoms with E-state index in [1.165, 1.54) is 0 Å². The standard InChI is InChI=1S/C12H24BN3O7S/c1-15-6-10(7-15)23-24(21,22)16-5-9(3-2-4-13(19)20)12(14,8-16)11(17)18/h9-10,19-20H,2-8,14H2,1H3,(H,17,18)/t9-,12-/m0/s1. The van der Waals surface area contributed by atoms with Gasteiger partial charge in [0.15, 0.2) is 0 Å². The fourth-order valence-electron chi connectivity index (χ4n) is 3.14. The summed E-state index contributed by atoms with van der Waals surface area (Å²) in [7, 11) is -3.71. The van der Waals surface area contributed by atoms with Crippen molar-refractivity contribution in [1.82, 2.24) is 9.21 Å². The Kier molecular flexibility index (Phi) is 5.90. The molecule has 0 spiro atoms. The largest absolute Gasteiger partial charge is 0.480 e. The normalized spacial score (nSPS) is 29.6. The van der Waals surface area contributed by atoms with Crippen LogP contribution in [-0.4, -0.2) is 90.7 Å². The van der Waals surface area contributed by atoms with Crippen molar-refractivity contribution >= 4 is 23.4 Å². The van der Waals surface area contributed by atoms with Crippen LogP contribution in [0.1, 0.15) is 12.8 Å². The molecule has 2 aliphatic rings. The first-order valence-electron chi connectivity index (χ1n) is 7.80. The van der Waals surface area contributed by atoms with E-state index in [1.54, 1.807) is 0 Å². The second kappa shape index (κ2) is 7.24. The highest BCUT2D eigenvalue weighted by molar-refractivity contribution is 7.84. The summed E-state index contributed by atoms with van der Waals surface area (Å²) in [6.07, 6.45) is 0.250. The molecule has 138 valence electrons. The van der Waals surface area contributed by atoms with E-state index in [9.17, 15) is 18.3 Å². The van der Waals surface area contributed by atoms with Crippen molar-refractivity contribution in [2.75, 3.05) is 33.2 Å². The molecule has 2 saturated heterocycles. The first-order chi connectivity index (χ1) is 11.0. The van der Waals surface area contributed by atoms with Gasteiger partial charge in [0, 0.05) is 32.1 Å². The lowest BCUT2D eigenvalue weighted by atomic mass is 9.78. The molecule has 2 atom stereocenters. The Bertz CT molecular complexity index is 569. The van der Waals surface area contributed by atoms with Gasteiger partial charge in [-0.1, -0.05) is 6.42 Å². The zero-order chi connectivity index (χ0) is 18.1. The van der Waals surface area contributed by atoms with Gasteiger partial charge >= 0.3 is 23.4 Å². The Balaban J connectivity index is 2.03. The lowest BCUT2D eigenvalue weighted by Crippen LogP contribution is -2.55. The zero-order valence-electron chi connectivity index (χ0n) is 13.5. The van der Waals surface area contributed by atoms with Crippen LogP contribution < -0.4 is 5.73 Å². The molecular weight excluding hydrogens is 341 g/mol. The van der Waals surface area contributed by atoms with E-state index in [1.807, 2.05) is 11.9 Å². The highest BCUT2D eigenvalue weighted by Gasteiger charge is 2.53. The summed E-state index contributed by atoms with van der Waals surface area (Å²) < 4.78 is 30.8. The molecule has 0 aliphatic carbocycles. The number of hydrogen-bond acceptors (Lipinski definition) is 8. The van der Waals surface area contributed by atoms with Crippen molar-refractivity contribution in [3.8, 4) is 0 Å². The Morgan fingerprint density at radius 1 is 1.38 bits per heavy atom. The highest BCUT2D eigenvalue weighted by Crippen LogP contribution is 2.33. The molecule has 24 heavy (non-hydrogen) atoms. The summed E-state index contributed by atoms with van der Waals surface area (Å²) in [4.78, 5) is 13.4. The number of carboxylic acid groups (broad SMARTS) is 1. The van der Waals surface area contributed by atoms with Crippen LogP contribution in [0.4, 0.5) is 0 Å². The van der Waals surface area contributed by atoms with Gasteiger partial charge < -0.3 is 25.8 Å². The maximum absolute atomic E-state index is 12.3. The molecule has 5 N–H and O–H groups in total. The molecular formula is C12H24BN3O7S. The van der Waals surface area contributed by atoms with Crippen molar-refractivity contribution in [3.05, 3.63) is 0 Å². The van der Waals surface area contributed by atoms with Crippen molar-refractivity contribution in [2.45, 2.75) is 30.8 Å².